The van der Waals surface area contributed by atoms with Gasteiger partial charge in [-0.05, 0) is 31.2 Å². The van der Waals surface area contributed by atoms with Crippen molar-refractivity contribution < 1.29 is 4.79 Å². The molecule has 1 aromatic carbocycles. The summed E-state index contributed by atoms with van der Waals surface area (Å²) >= 11 is 3.32. The van der Waals surface area contributed by atoms with Gasteiger partial charge in [0.05, 0.1) is 22.5 Å². The normalized spacial score (nSPS) is 9.81. The Morgan fingerprint density at radius 2 is 2.10 bits per heavy atom. The third-order valence-electron chi connectivity index (χ3n) is 2.90. The number of hydrogen-bond donors (Lipinski definition) is 2. The second-order valence-electron chi connectivity index (χ2n) is 4.38. The number of rotatable bonds is 3. The number of hydrogen-bond acceptors (Lipinski definition) is 4. The lowest BCUT2D eigenvalue weighted by Gasteiger charge is -2.11. The van der Waals surface area contributed by atoms with Gasteiger partial charge < -0.3 is 10.6 Å². The van der Waals surface area contributed by atoms with Crippen LogP contribution in [0.5, 0.6) is 0 Å². The van der Waals surface area contributed by atoms with Crippen molar-refractivity contribution in [2.45, 2.75) is 6.92 Å². The number of aryl methyl sites for hydroxylation is 1. The zero-order chi connectivity index (χ0) is 15.4. The second kappa shape index (κ2) is 6.37. The molecule has 1 amide bonds. The van der Waals surface area contributed by atoms with E-state index in [2.05, 4.69) is 37.6 Å². The van der Waals surface area contributed by atoms with E-state index in [-0.39, 0.29) is 5.91 Å². The topological polar surface area (TPSA) is 77.8 Å². The van der Waals surface area contributed by atoms with Crippen LogP contribution in [0, 0.1) is 18.3 Å². The van der Waals surface area contributed by atoms with Crippen LogP contribution in [-0.2, 0) is 0 Å². The summed E-state index contributed by atoms with van der Waals surface area (Å²) in [5, 5.41) is 14.8. The van der Waals surface area contributed by atoms with Crippen molar-refractivity contribution >= 4 is 33.2 Å². The Balaban J connectivity index is 2.35. The van der Waals surface area contributed by atoms with Gasteiger partial charge in [0.1, 0.15) is 6.07 Å². The minimum absolute atomic E-state index is 0.318. The maximum atomic E-state index is 12.4. The summed E-state index contributed by atoms with van der Waals surface area (Å²) in [6, 6.07) is 8.93. The fourth-order valence-corrected chi connectivity index (χ4v) is 2.22. The number of amides is 1. The van der Waals surface area contributed by atoms with Gasteiger partial charge in [0.15, 0.2) is 0 Å². The van der Waals surface area contributed by atoms with Crippen molar-refractivity contribution in [2.75, 3.05) is 17.7 Å². The highest BCUT2D eigenvalue weighted by Gasteiger charge is 2.14. The first-order valence-corrected chi connectivity index (χ1v) is 7.00. The summed E-state index contributed by atoms with van der Waals surface area (Å²) in [5.41, 5.74) is 2.79. The minimum atomic E-state index is -0.318. The molecule has 0 aliphatic rings. The van der Waals surface area contributed by atoms with E-state index in [1.807, 2.05) is 6.92 Å². The van der Waals surface area contributed by atoms with Crippen LogP contribution in [-0.4, -0.2) is 17.9 Å². The van der Waals surface area contributed by atoms with E-state index in [0.29, 0.717) is 22.5 Å². The molecule has 1 aromatic heterocycles. The lowest BCUT2D eigenvalue weighted by Crippen LogP contribution is -2.15. The van der Waals surface area contributed by atoms with E-state index in [1.165, 1.54) is 6.20 Å². The van der Waals surface area contributed by atoms with Crippen LogP contribution < -0.4 is 10.6 Å². The molecule has 0 saturated carbocycles. The number of halogens is 1. The fraction of sp³-hybridized carbons (Fsp3) is 0.133. The van der Waals surface area contributed by atoms with E-state index in [4.69, 9.17) is 5.26 Å². The molecule has 5 nitrogen and oxygen atoms in total. The number of anilines is 2. The third kappa shape index (κ3) is 3.38. The largest absolute Gasteiger partial charge is 0.387 e. The van der Waals surface area contributed by atoms with Crippen LogP contribution in [0.15, 0.2) is 34.9 Å². The van der Waals surface area contributed by atoms with Gasteiger partial charge in [-0.15, -0.1) is 0 Å². The van der Waals surface area contributed by atoms with Gasteiger partial charge in [-0.25, -0.2) is 0 Å². The first-order valence-electron chi connectivity index (χ1n) is 6.20. The van der Waals surface area contributed by atoms with Gasteiger partial charge in [-0.2, -0.15) is 5.26 Å². The molecular weight excluding hydrogens is 332 g/mol. The van der Waals surface area contributed by atoms with Gasteiger partial charge in [-0.3, -0.25) is 9.78 Å². The Labute approximate surface area is 131 Å². The van der Waals surface area contributed by atoms with Crippen molar-refractivity contribution in [3.05, 3.63) is 51.8 Å². The molecule has 0 saturated heterocycles. The molecule has 0 radical (unpaired) electrons. The summed E-state index contributed by atoms with van der Waals surface area (Å²) in [6.45, 7) is 1.85. The van der Waals surface area contributed by atoms with E-state index in [9.17, 15) is 4.79 Å². The summed E-state index contributed by atoms with van der Waals surface area (Å²) < 4.78 is 0.785. The SMILES string of the molecule is CNc1cc(C)ncc1C(=O)Nc1cc(Br)ccc1C#N. The standard InChI is InChI=1S/C15H13BrN4O/c1-9-5-14(18-2)12(8-19-9)15(21)20-13-6-11(16)4-3-10(13)7-17/h3-6,8H,1-2H3,(H,18,19)(H,20,21). The molecule has 0 bridgehead atoms. The molecule has 2 aromatic rings. The molecule has 0 atom stereocenters. The number of benzene rings is 1. The summed E-state index contributed by atoms with van der Waals surface area (Å²) in [4.78, 5) is 16.5. The predicted molar refractivity (Wildman–Crippen MR) is 85.3 cm³/mol. The van der Waals surface area contributed by atoms with Crippen molar-refractivity contribution in [1.29, 1.82) is 5.26 Å². The number of pyridine rings is 1. The molecule has 1 heterocycles. The van der Waals surface area contributed by atoms with Crippen LogP contribution in [0.4, 0.5) is 11.4 Å². The van der Waals surface area contributed by atoms with E-state index >= 15 is 0 Å². The van der Waals surface area contributed by atoms with Crippen LogP contribution in [0.1, 0.15) is 21.6 Å². The molecule has 0 fully saturated rings. The van der Waals surface area contributed by atoms with Crippen molar-refractivity contribution in [1.82, 2.24) is 4.98 Å². The predicted octanol–water partition coefficient (Wildman–Crippen LogP) is 3.32. The molecule has 0 aliphatic carbocycles. The number of carbonyl (C=O) groups is 1. The van der Waals surface area contributed by atoms with Gasteiger partial charge in [0.2, 0.25) is 0 Å². The van der Waals surface area contributed by atoms with Gasteiger partial charge >= 0.3 is 0 Å². The Hall–Kier alpha value is -2.39. The number of carbonyl (C=O) groups excluding carboxylic acids is 1. The molecule has 6 heteroatoms. The maximum Gasteiger partial charge on any atom is 0.259 e. The zero-order valence-corrected chi connectivity index (χ0v) is 13.2. The van der Waals surface area contributed by atoms with Crippen LogP contribution in [0.25, 0.3) is 0 Å². The highest BCUT2D eigenvalue weighted by molar-refractivity contribution is 9.10. The van der Waals surface area contributed by atoms with E-state index in [1.54, 1.807) is 31.3 Å². The second-order valence-corrected chi connectivity index (χ2v) is 5.29. The highest BCUT2D eigenvalue weighted by atomic mass is 79.9. The van der Waals surface area contributed by atoms with E-state index < -0.39 is 0 Å². The Bertz CT molecular complexity index is 737. The minimum Gasteiger partial charge on any atom is -0.387 e. The molecule has 0 aliphatic heterocycles. The summed E-state index contributed by atoms with van der Waals surface area (Å²) in [6.07, 6.45) is 1.51. The zero-order valence-electron chi connectivity index (χ0n) is 11.6. The summed E-state index contributed by atoms with van der Waals surface area (Å²) in [5.74, 6) is -0.318. The highest BCUT2D eigenvalue weighted by Crippen LogP contribution is 2.23. The van der Waals surface area contributed by atoms with E-state index in [0.717, 1.165) is 10.2 Å². The maximum absolute atomic E-state index is 12.4. The summed E-state index contributed by atoms with van der Waals surface area (Å²) in [7, 11) is 1.74. The quantitative estimate of drug-likeness (QED) is 0.895. The van der Waals surface area contributed by atoms with Crippen molar-refractivity contribution in [2.24, 2.45) is 0 Å². The van der Waals surface area contributed by atoms with Gasteiger partial charge in [0, 0.05) is 23.4 Å². The molecule has 21 heavy (non-hydrogen) atoms. The van der Waals surface area contributed by atoms with Crippen LogP contribution in [0.2, 0.25) is 0 Å². The molecular formula is C15H13BrN4O. The average molecular weight is 345 g/mol. The Morgan fingerprint density at radius 1 is 1.33 bits per heavy atom. The fourth-order valence-electron chi connectivity index (χ4n) is 1.85. The third-order valence-corrected chi connectivity index (χ3v) is 3.40. The first kappa shape index (κ1) is 15.0. The molecule has 106 valence electrons. The van der Waals surface area contributed by atoms with Gasteiger partial charge in [0.25, 0.3) is 5.91 Å². The Morgan fingerprint density at radius 3 is 2.76 bits per heavy atom. The van der Waals surface area contributed by atoms with Crippen molar-refractivity contribution in [3.63, 3.8) is 0 Å². The monoisotopic (exact) mass is 344 g/mol. The smallest absolute Gasteiger partial charge is 0.259 e. The lowest BCUT2D eigenvalue weighted by atomic mass is 10.1. The number of aromatic nitrogens is 1. The molecule has 2 rings (SSSR count). The number of nitrogens with zero attached hydrogens (tertiary/aromatic N) is 2. The number of nitrogens with one attached hydrogen (secondary N) is 2. The van der Waals surface area contributed by atoms with Gasteiger partial charge in [-0.1, -0.05) is 15.9 Å². The molecule has 0 spiro atoms. The molecule has 0 unspecified atom stereocenters. The van der Waals surface area contributed by atoms with Crippen molar-refractivity contribution in [3.8, 4) is 6.07 Å². The molecule has 2 N–H and O–H groups in total. The van der Waals surface area contributed by atoms with Crippen LogP contribution >= 0.6 is 15.9 Å². The first-order chi connectivity index (χ1) is 10.0. The Kier molecular flexibility index (Phi) is 4.55. The average Bonchev–Trinajstić information content (AvgIpc) is 2.47. The number of nitriles is 1. The lowest BCUT2D eigenvalue weighted by molar-refractivity contribution is 0.102. The van der Waals surface area contributed by atoms with Crippen LogP contribution in [0.3, 0.4) is 0 Å².